The molecule has 0 aromatic heterocycles. The van der Waals surface area contributed by atoms with Crippen molar-refractivity contribution in [3.63, 3.8) is 0 Å². The van der Waals surface area contributed by atoms with Crippen molar-refractivity contribution < 1.29 is 19.3 Å². The highest BCUT2D eigenvalue weighted by Gasteiger charge is 2.37. The number of methoxy groups -OCH3 is 1. The highest BCUT2D eigenvalue weighted by atomic mass is 16.5. The van der Waals surface area contributed by atoms with Gasteiger partial charge < -0.3 is 29.5 Å². The van der Waals surface area contributed by atoms with Crippen LogP contribution in [0.2, 0.25) is 0 Å². The topological polar surface area (TPSA) is 63.2 Å². The molecule has 0 saturated heterocycles. The molecule has 2 rings (SSSR count). The lowest BCUT2D eigenvalue weighted by Gasteiger charge is -2.44. The number of aliphatic hydroxyl groups is 1. The molecule has 0 radical (unpaired) electrons. The van der Waals surface area contributed by atoms with E-state index in [0.29, 0.717) is 37.9 Å². The third-order valence-electron chi connectivity index (χ3n) is 6.92. The zero-order valence-electron chi connectivity index (χ0n) is 23.2. The van der Waals surface area contributed by atoms with Crippen LogP contribution in [0.3, 0.4) is 0 Å². The molecule has 36 heavy (non-hydrogen) atoms. The molecule has 0 spiro atoms. The van der Waals surface area contributed by atoms with Crippen LogP contribution in [0, 0.1) is 11.3 Å². The molecule has 202 valence electrons. The number of unbranched alkanes of at least 4 members (excludes halogenated alkanes) is 1. The van der Waals surface area contributed by atoms with Crippen molar-refractivity contribution in [1.82, 2.24) is 0 Å². The fourth-order valence-electron chi connectivity index (χ4n) is 4.94. The molecule has 0 fully saturated rings. The quantitative estimate of drug-likeness (QED) is 0.187. The number of nitrogens with one attached hydrogen (secondary N) is 1. The van der Waals surface area contributed by atoms with Gasteiger partial charge in [-0.3, -0.25) is 0 Å². The Kier molecular flexibility index (Phi) is 12.5. The Hall–Kier alpha value is -2.28. The van der Waals surface area contributed by atoms with Crippen LogP contribution in [0.5, 0.6) is 0 Å². The van der Waals surface area contributed by atoms with E-state index in [1.165, 1.54) is 16.8 Å². The van der Waals surface area contributed by atoms with E-state index in [1.54, 1.807) is 13.2 Å². The molecule has 0 bridgehead atoms. The van der Waals surface area contributed by atoms with E-state index in [0.717, 1.165) is 56.9 Å². The third kappa shape index (κ3) is 8.68. The van der Waals surface area contributed by atoms with Gasteiger partial charge in [-0.05, 0) is 61.4 Å². The van der Waals surface area contributed by atoms with Crippen LogP contribution in [0.25, 0.3) is 11.6 Å². The first kappa shape index (κ1) is 29.9. The number of hydrogen-bond acceptors (Lipinski definition) is 6. The first-order valence-electron chi connectivity index (χ1n) is 13.2. The van der Waals surface area contributed by atoms with Crippen LogP contribution >= 0.6 is 0 Å². The maximum atomic E-state index is 9.53. The van der Waals surface area contributed by atoms with Crippen LogP contribution in [0.4, 0.5) is 11.4 Å². The number of fused-ring (bicyclic) bond motifs is 1. The van der Waals surface area contributed by atoms with E-state index < -0.39 is 0 Å². The standard InChI is InChI=1S/C30H48N2O4/c1-8-25-18-29-27(19-28(25)31-13-17-35-16-12-26(33)9-2)24(4)30(5,22-32(29)6)20-23(3)21-36-15-11-10-14-34-7/h8-9,18-19,23,31,33H,1,4,10-17,20-22H2,2-3,5-7H3/b26-9+. The molecule has 6 heteroatoms. The Morgan fingerprint density at radius 2 is 1.97 bits per heavy atom. The molecule has 1 aromatic rings. The molecule has 1 aliphatic rings. The van der Waals surface area contributed by atoms with Crippen molar-refractivity contribution in [2.24, 2.45) is 11.3 Å². The lowest BCUT2D eigenvalue weighted by atomic mass is 9.70. The average molecular weight is 501 g/mol. The van der Waals surface area contributed by atoms with Gasteiger partial charge in [-0.25, -0.2) is 0 Å². The normalized spacial score (nSPS) is 18.8. The van der Waals surface area contributed by atoms with Crippen LogP contribution in [0.1, 0.15) is 57.6 Å². The molecule has 0 aliphatic carbocycles. The fourth-order valence-corrected chi connectivity index (χ4v) is 4.94. The molecular formula is C30H48N2O4. The van der Waals surface area contributed by atoms with Gasteiger partial charge in [-0.15, -0.1) is 0 Å². The van der Waals surface area contributed by atoms with E-state index in [2.05, 4.69) is 56.4 Å². The van der Waals surface area contributed by atoms with Crippen LogP contribution in [-0.4, -0.2) is 65.4 Å². The van der Waals surface area contributed by atoms with Gasteiger partial charge in [0.05, 0.1) is 19.0 Å². The van der Waals surface area contributed by atoms with Gasteiger partial charge in [-0.1, -0.05) is 33.1 Å². The van der Waals surface area contributed by atoms with Gasteiger partial charge in [0.2, 0.25) is 0 Å². The minimum atomic E-state index is -0.0363. The van der Waals surface area contributed by atoms with Crippen molar-refractivity contribution in [3.05, 3.63) is 48.3 Å². The lowest BCUT2D eigenvalue weighted by molar-refractivity contribution is 0.0840. The van der Waals surface area contributed by atoms with Gasteiger partial charge in [0.1, 0.15) is 0 Å². The molecule has 2 atom stereocenters. The molecule has 1 aromatic carbocycles. The van der Waals surface area contributed by atoms with Crippen molar-refractivity contribution in [2.75, 3.05) is 70.5 Å². The molecule has 2 N–H and O–H groups in total. The van der Waals surface area contributed by atoms with Crippen LogP contribution < -0.4 is 10.2 Å². The largest absolute Gasteiger partial charge is 0.513 e. The summed E-state index contributed by atoms with van der Waals surface area (Å²) in [6, 6.07) is 4.41. The lowest BCUT2D eigenvalue weighted by Crippen LogP contribution is -2.40. The van der Waals surface area contributed by atoms with Gasteiger partial charge in [0.25, 0.3) is 0 Å². The summed E-state index contributed by atoms with van der Waals surface area (Å²) in [6.45, 7) is 20.0. The second-order valence-electron chi connectivity index (χ2n) is 10.2. The van der Waals surface area contributed by atoms with Crippen molar-refractivity contribution in [3.8, 4) is 0 Å². The Bertz CT molecular complexity index is 882. The summed E-state index contributed by atoms with van der Waals surface area (Å²) in [5.74, 6) is 0.800. The number of nitrogens with zero attached hydrogens (tertiary/aromatic N) is 1. The number of ether oxygens (including phenoxy) is 3. The number of hydrogen-bond donors (Lipinski definition) is 2. The zero-order valence-corrected chi connectivity index (χ0v) is 23.2. The summed E-state index contributed by atoms with van der Waals surface area (Å²) in [4.78, 5) is 2.34. The predicted octanol–water partition coefficient (Wildman–Crippen LogP) is 6.55. The van der Waals surface area contributed by atoms with Crippen LogP contribution in [-0.2, 0) is 14.2 Å². The van der Waals surface area contributed by atoms with E-state index >= 15 is 0 Å². The molecule has 0 amide bonds. The second-order valence-corrected chi connectivity index (χ2v) is 10.2. The summed E-state index contributed by atoms with van der Waals surface area (Å²) in [6.07, 6.45) is 7.22. The molecule has 2 unspecified atom stereocenters. The minimum absolute atomic E-state index is 0.0363. The zero-order chi connectivity index (χ0) is 26.6. The van der Waals surface area contributed by atoms with Crippen molar-refractivity contribution in [2.45, 2.75) is 46.5 Å². The van der Waals surface area contributed by atoms with Gasteiger partial charge in [0, 0.05) is 75.8 Å². The van der Waals surface area contributed by atoms with Crippen molar-refractivity contribution >= 4 is 23.0 Å². The smallest absolute Gasteiger partial charge is 0.0903 e. The molecule has 0 saturated carbocycles. The Morgan fingerprint density at radius 3 is 2.67 bits per heavy atom. The minimum Gasteiger partial charge on any atom is -0.513 e. The van der Waals surface area contributed by atoms with E-state index in [1.807, 2.05) is 13.0 Å². The summed E-state index contributed by atoms with van der Waals surface area (Å²) in [5.41, 5.74) is 5.63. The van der Waals surface area contributed by atoms with Crippen molar-refractivity contribution in [1.29, 1.82) is 0 Å². The first-order chi connectivity index (χ1) is 17.3. The molecular weight excluding hydrogens is 452 g/mol. The molecule has 1 aliphatic heterocycles. The molecule has 1 heterocycles. The summed E-state index contributed by atoms with van der Waals surface area (Å²) in [7, 11) is 3.90. The third-order valence-corrected chi connectivity index (χ3v) is 6.92. The average Bonchev–Trinajstić information content (AvgIpc) is 2.86. The Labute approximate surface area is 219 Å². The number of allylic oxidation sites excluding steroid dienone is 1. The summed E-state index contributed by atoms with van der Waals surface area (Å²) in [5, 5.41) is 13.0. The predicted molar refractivity (Wildman–Crippen MR) is 153 cm³/mol. The maximum Gasteiger partial charge on any atom is 0.0903 e. The van der Waals surface area contributed by atoms with Gasteiger partial charge in [0.15, 0.2) is 0 Å². The molecule has 6 nitrogen and oxygen atoms in total. The van der Waals surface area contributed by atoms with E-state index in [4.69, 9.17) is 14.2 Å². The maximum absolute atomic E-state index is 9.53. The first-order valence-corrected chi connectivity index (χ1v) is 13.2. The highest BCUT2D eigenvalue weighted by molar-refractivity contribution is 5.87. The monoisotopic (exact) mass is 500 g/mol. The van der Waals surface area contributed by atoms with Gasteiger partial charge in [-0.2, -0.15) is 0 Å². The number of aliphatic hydroxyl groups excluding tert-OH is 1. The van der Waals surface area contributed by atoms with Crippen LogP contribution in [0.15, 0.2) is 37.1 Å². The second kappa shape index (κ2) is 15.1. The Morgan fingerprint density at radius 1 is 1.22 bits per heavy atom. The van der Waals surface area contributed by atoms with E-state index in [-0.39, 0.29) is 5.41 Å². The summed E-state index contributed by atoms with van der Waals surface area (Å²) < 4.78 is 16.7. The number of benzene rings is 1. The van der Waals surface area contributed by atoms with Gasteiger partial charge >= 0.3 is 0 Å². The summed E-state index contributed by atoms with van der Waals surface area (Å²) >= 11 is 0. The van der Waals surface area contributed by atoms with E-state index in [9.17, 15) is 5.11 Å². The Balaban J connectivity index is 2.01. The highest BCUT2D eigenvalue weighted by Crippen LogP contribution is 2.48. The number of rotatable bonds is 17. The SMILES string of the molecule is C=Cc1cc2c(cc1NCCOCC/C(O)=C\C)C(=C)C(C)(CC(C)COCCCCOC)CN2C. The fraction of sp³-hybridized carbons (Fsp3) is 0.600. The number of anilines is 2.